The molecule has 0 saturated heterocycles. The number of nitrogens with zero attached hydrogens (tertiary/aromatic N) is 2. The van der Waals surface area contributed by atoms with E-state index >= 15 is 0 Å². The predicted octanol–water partition coefficient (Wildman–Crippen LogP) is 21.7. The van der Waals surface area contributed by atoms with Crippen molar-refractivity contribution in [2.24, 2.45) is 23.7 Å². The normalized spacial score (nSPS) is 20.3. The summed E-state index contributed by atoms with van der Waals surface area (Å²) in [6.07, 6.45) is 6.57. The lowest BCUT2D eigenvalue weighted by atomic mass is 9.43. The lowest BCUT2D eigenvalue weighted by Gasteiger charge is -2.61. The monoisotopic (exact) mass is 1040 g/mol. The zero-order valence-corrected chi connectivity index (χ0v) is 47.4. The molecule has 4 bridgehead atoms. The minimum atomic E-state index is -0.133. The van der Waals surface area contributed by atoms with Crippen LogP contribution in [0.2, 0.25) is 0 Å². The number of para-hydroxylation sites is 6. The van der Waals surface area contributed by atoms with Gasteiger partial charge in [0.1, 0.15) is 11.2 Å². The average molecular weight is 1040 g/mol. The molecule has 4 nitrogen and oxygen atoms in total. The lowest BCUT2D eigenvalue weighted by molar-refractivity contribution is -0.0398. The van der Waals surface area contributed by atoms with Crippen LogP contribution in [0.1, 0.15) is 107 Å². The summed E-state index contributed by atoms with van der Waals surface area (Å²) < 4.78 is 14.4. The van der Waals surface area contributed by atoms with Crippen molar-refractivity contribution in [1.29, 1.82) is 0 Å². The van der Waals surface area contributed by atoms with Crippen LogP contribution in [0, 0.1) is 37.5 Å². The van der Waals surface area contributed by atoms with Crippen LogP contribution in [0.15, 0.2) is 191 Å². The van der Waals surface area contributed by atoms with E-state index in [-0.39, 0.29) is 16.2 Å². The molecule has 0 aliphatic heterocycles. The number of hydrogen-bond acceptors (Lipinski definition) is 4. The molecule has 5 aliphatic rings. The molecule has 4 saturated carbocycles. The van der Waals surface area contributed by atoms with Crippen LogP contribution in [0.3, 0.4) is 0 Å². The molecule has 12 aromatic rings. The van der Waals surface area contributed by atoms with E-state index in [0.717, 1.165) is 73.1 Å². The smallest absolute Gasteiger partial charge is 0.159 e. The van der Waals surface area contributed by atoms with Crippen molar-refractivity contribution in [3.8, 4) is 11.1 Å². The van der Waals surface area contributed by atoms with Crippen LogP contribution in [-0.2, 0) is 16.2 Å². The molecule has 4 heteroatoms. The molecule has 394 valence electrons. The highest BCUT2D eigenvalue weighted by Crippen LogP contribution is 2.71. The van der Waals surface area contributed by atoms with Crippen molar-refractivity contribution >= 4 is 99.5 Å². The molecule has 0 radical (unpaired) electrons. The summed E-state index contributed by atoms with van der Waals surface area (Å²) in [5.41, 5.74) is 21.1. The molecule has 4 fully saturated rings. The van der Waals surface area contributed by atoms with Gasteiger partial charge < -0.3 is 18.6 Å². The molecular formula is C76H68N2O2. The fourth-order valence-electron chi connectivity index (χ4n) is 16.7. The van der Waals surface area contributed by atoms with Gasteiger partial charge in [-0.2, -0.15) is 0 Å². The maximum Gasteiger partial charge on any atom is 0.159 e. The van der Waals surface area contributed by atoms with Gasteiger partial charge in [-0.3, -0.25) is 0 Å². The molecule has 0 amide bonds. The summed E-state index contributed by atoms with van der Waals surface area (Å²) >= 11 is 0. The topological polar surface area (TPSA) is 32.8 Å². The van der Waals surface area contributed by atoms with E-state index in [4.69, 9.17) is 8.83 Å². The highest BCUT2D eigenvalue weighted by atomic mass is 16.3. The Bertz CT molecular complexity index is 4540. The van der Waals surface area contributed by atoms with Crippen molar-refractivity contribution in [3.05, 3.63) is 215 Å². The first kappa shape index (κ1) is 47.9. The van der Waals surface area contributed by atoms with Gasteiger partial charge in [-0.1, -0.05) is 169 Å². The molecule has 80 heavy (non-hydrogen) atoms. The van der Waals surface area contributed by atoms with Crippen LogP contribution in [0.5, 0.6) is 0 Å². The van der Waals surface area contributed by atoms with E-state index in [0.29, 0.717) is 11.8 Å². The summed E-state index contributed by atoms with van der Waals surface area (Å²) in [6.45, 7) is 18.2. The minimum absolute atomic E-state index is 0.0782. The Morgan fingerprint density at radius 2 is 0.863 bits per heavy atom. The Hall–Kier alpha value is -8.08. The van der Waals surface area contributed by atoms with E-state index in [1.807, 2.05) is 0 Å². The van der Waals surface area contributed by atoms with Gasteiger partial charge >= 0.3 is 0 Å². The van der Waals surface area contributed by atoms with Gasteiger partial charge in [0.2, 0.25) is 0 Å². The van der Waals surface area contributed by atoms with Gasteiger partial charge in [0.05, 0.1) is 17.1 Å². The van der Waals surface area contributed by atoms with E-state index in [9.17, 15) is 0 Å². The SMILES string of the molecule is Cc1ccccc1N(c1ccc2cc3c(cc2c1)C1(c2cc(N(c4ccccc4C)c4cccc5c4oc4c(C(C)(C)C)cccc45)c4ccccc4c2-3)C2CC3CC(C2)CC1C3)c1cccc2c1oc1c(C(C)(C)C)cccc12. The van der Waals surface area contributed by atoms with Crippen LogP contribution in [0.4, 0.5) is 34.1 Å². The Morgan fingerprint density at radius 1 is 0.388 bits per heavy atom. The molecule has 17 rings (SSSR count). The third-order valence-electron chi connectivity index (χ3n) is 19.9. The number of furan rings is 2. The molecular weight excluding hydrogens is 973 g/mol. The molecule has 0 N–H and O–H groups in total. The second-order valence-electron chi connectivity index (χ2n) is 26.6. The van der Waals surface area contributed by atoms with Crippen LogP contribution in [0.25, 0.3) is 76.5 Å². The standard InChI is InChI=1S/C76H68N2O2/c1-44-19-9-13-29-64(44)77(66-31-17-25-57-55-23-15-27-60(74(3,4)5)70(55)79-72(57)66)52-34-33-48-41-59-62(42-49(48)40-52)76(50-36-46-35-47(38-50)39-51(76)37-46)63-43-68(53-21-11-12-22-54(53)69(59)63)78(65-30-14-10-20-45(65)2)67-32-18-26-58-56-24-16-28-61(75(6,7)8)71(56)80-73(58)67/h9-34,40-43,46-47,50-51H,35-39H2,1-8H3. The first-order valence-corrected chi connectivity index (χ1v) is 29.5. The quantitative estimate of drug-likeness (QED) is 0.166. The average Bonchev–Trinajstić information content (AvgIpc) is 2.24. The van der Waals surface area contributed by atoms with E-state index in [2.05, 4.69) is 247 Å². The third kappa shape index (κ3) is 6.74. The first-order chi connectivity index (χ1) is 38.7. The highest BCUT2D eigenvalue weighted by molar-refractivity contribution is 6.16. The van der Waals surface area contributed by atoms with Crippen LogP contribution in [-0.4, -0.2) is 0 Å². The largest absolute Gasteiger partial charge is 0.454 e. The van der Waals surface area contributed by atoms with E-state index in [1.54, 1.807) is 5.56 Å². The molecule has 0 atom stereocenters. The number of fused-ring (bicyclic) bond motifs is 12. The Kier molecular flexibility index (Phi) is 10.2. The lowest BCUT2D eigenvalue weighted by Crippen LogP contribution is -2.55. The first-order valence-electron chi connectivity index (χ1n) is 29.5. The van der Waals surface area contributed by atoms with Gasteiger partial charge in [-0.25, -0.2) is 0 Å². The van der Waals surface area contributed by atoms with Crippen molar-refractivity contribution < 1.29 is 8.83 Å². The predicted molar refractivity (Wildman–Crippen MR) is 336 cm³/mol. The molecule has 5 aliphatic carbocycles. The van der Waals surface area contributed by atoms with Crippen LogP contribution < -0.4 is 9.80 Å². The maximum atomic E-state index is 7.28. The number of benzene rings is 10. The second kappa shape index (κ2) is 17.0. The fourth-order valence-corrected chi connectivity index (χ4v) is 16.7. The summed E-state index contributed by atoms with van der Waals surface area (Å²) in [7, 11) is 0. The van der Waals surface area contributed by atoms with Crippen molar-refractivity contribution in [1.82, 2.24) is 0 Å². The Morgan fingerprint density at radius 3 is 1.43 bits per heavy atom. The van der Waals surface area contributed by atoms with Gasteiger partial charge in [-0.15, -0.1) is 0 Å². The fraction of sp³-hybridized carbons (Fsp3) is 0.263. The second-order valence-corrected chi connectivity index (χ2v) is 26.6. The van der Waals surface area contributed by atoms with Gasteiger partial charge in [0.15, 0.2) is 11.2 Å². The molecule has 1 spiro atoms. The molecule has 0 unspecified atom stereocenters. The summed E-state index contributed by atoms with van der Waals surface area (Å²) in [4.78, 5) is 5.03. The summed E-state index contributed by atoms with van der Waals surface area (Å²) in [5, 5.41) is 9.74. The van der Waals surface area contributed by atoms with Crippen molar-refractivity contribution in [3.63, 3.8) is 0 Å². The zero-order chi connectivity index (χ0) is 54.1. The third-order valence-corrected chi connectivity index (χ3v) is 19.9. The van der Waals surface area contributed by atoms with E-state index in [1.165, 1.54) is 109 Å². The Labute approximate surface area is 469 Å². The van der Waals surface area contributed by atoms with E-state index < -0.39 is 0 Å². The summed E-state index contributed by atoms with van der Waals surface area (Å²) in [6, 6.07) is 69.1. The minimum Gasteiger partial charge on any atom is -0.454 e. The number of hydrogen-bond donors (Lipinski definition) is 0. The number of aryl methyl sites for hydroxylation is 2. The Balaban J connectivity index is 0.941. The number of rotatable bonds is 6. The number of anilines is 6. The van der Waals surface area contributed by atoms with Gasteiger partial charge in [0.25, 0.3) is 0 Å². The molecule has 10 aromatic carbocycles. The molecule has 2 aromatic heterocycles. The van der Waals surface area contributed by atoms with Gasteiger partial charge in [-0.05, 0) is 185 Å². The van der Waals surface area contributed by atoms with Crippen molar-refractivity contribution in [2.45, 2.75) is 104 Å². The maximum absolute atomic E-state index is 7.28. The van der Waals surface area contributed by atoms with Crippen LogP contribution >= 0.6 is 0 Å². The zero-order valence-electron chi connectivity index (χ0n) is 47.4. The molecule has 2 heterocycles. The highest BCUT2D eigenvalue weighted by Gasteiger charge is 2.62. The van der Waals surface area contributed by atoms with Crippen molar-refractivity contribution in [2.75, 3.05) is 9.80 Å². The van der Waals surface area contributed by atoms with Gasteiger partial charge in [0, 0.05) is 60.5 Å². The summed E-state index contributed by atoms with van der Waals surface area (Å²) in [5.74, 6) is 2.72.